The van der Waals surface area contributed by atoms with E-state index in [1.165, 1.54) is 19.1 Å². The van der Waals surface area contributed by atoms with Gasteiger partial charge in [0.1, 0.15) is 0 Å². The topological polar surface area (TPSA) is 81.0 Å². The van der Waals surface area contributed by atoms with E-state index in [9.17, 15) is 9.59 Å². The fourth-order valence-electron chi connectivity index (χ4n) is 4.01. The number of hydrogen-bond donors (Lipinski definition) is 1. The number of benzene rings is 1. The molecule has 4 rings (SSSR count). The molecule has 1 aliphatic carbocycles. The number of carbonyl (C=O) groups excluding carboxylic acids is 2. The third-order valence-electron chi connectivity index (χ3n) is 5.77. The Labute approximate surface area is 170 Å². The number of nitrogens with one attached hydrogen (secondary N) is 1. The molecule has 2 heterocycles. The van der Waals surface area contributed by atoms with Crippen molar-refractivity contribution < 1.29 is 23.5 Å². The lowest BCUT2D eigenvalue weighted by Gasteiger charge is -2.21. The van der Waals surface area contributed by atoms with Crippen molar-refractivity contribution in [2.75, 3.05) is 33.9 Å². The first-order valence-corrected chi connectivity index (χ1v) is 9.93. The summed E-state index contributed by atoms with van der Waals surface area (Å²) in [7, 11) is 3.17. The van der Waals surface area contributed by atoms with Gasteiger partial charge >= 0.3 is 0 Å². The molecule has 7 heteroatoms. The van der Waals surface area contributed by atoms with Gasteiger partial charge in [-0.2, -0.15) is 0 Å². The highest BCUT2D eigenvalue weighted by Crippen LogP contribution is 2.42. The highest BCUT2D eigenvalue weighted by molar-refractivity contribution is 5.93. The average molecular weight is 398 g/mol. The molecular formula is C22H26N2O5. The van der Waals surface area contributed by atoms with Gasteiger partial charge in [0.25, 0.3) is 5.91 Å². The number of para-hydroxylation sites is 1. The van der Waals surface area contributed by atoms with Crippen LogP contribution in [-0.2, 0) is 4.79 Å². The van der Waals surface area contributed by atoms with Crippen molar-refractivity contribution in [3.8, 4) is 11.5 Å². The predicted octanol–water partition coefficient (Wildman–Crippen LogP) is 2.68. The summed E-state index contributed by atoms with van der Waals surface area (Å²) in [6, 6.07) is 8.97. The minimum Gasteiger partial charge on any atom is -0.493 e. The summed E-state index contributed by atoms with van der Waals surface area (Å²) >= 11 is 0. The Morgan fingerprint density at radius 2 is 1.97 bits per heavy atom. The van der Waals surface area contributed by atoms with Crippen LogP contribution in [0.5, 0.6) is 11.5 Å². The third kappa shape index (κ3) is 3.95. The molecule has 0 bridgehead atoms. The van der Waals surface area contributed by atoms with Crippen molar-refractivity contribution >= 4 is 11.8 Å². The quantitative estimate of drug-likeness (QED) is 0.776. The summed E-state index contributed by atoms with van der Waals surface area (Å²) in [5.74, 6) is 1.28. The molecule has 1 saturated carbocycles. The Kier molecular flexibility index (Phi) is 5.47. The molecule has 0 spiro atoms. The van der Waals surface area contributed by atoms with Crippen molar-refractivity contribution in [3.63, 3.8) is 0 Å². The van der Waals surface area contributed by atoms with Crippen molar-refractivity contribution in [2.45, 2.75) is 18.8 Å². The molecule has 1 aromatic carbocycles. The van der Waals surface area contributed by atoms with E-state index in [2.05, 4.69) is 5.32 Å². The number of ether oxygens (including phenoxy) is 2. The van der Waals surface area contributed by atoms with Crippen LogP contribution in [0.15, 0.2) is 41.0 Å². The number of furan rings is 1. The van der Waals surface area contributed by atoms with Crippen molar-refractivity contribution in [1.29, 1.82) is 0 Å². The number of likely N-dealkylation sites (tertiary alicyclic amines) is 1. The SMILES string of the molecule is COc1cccc([C@@H]2CN(C(=O)c3ccco3)C[C@H]2C(=O)NCC2CC2)c1OC. The maximum Gasteiger partial charge on any atom is 0.289 e. The summed E-state index contributed by atoms with van der Waals surface area (Å²) < 4.78 is 16.3. The number of nitrogens with zero attached hydrogens (tertiary/aromatic N) is 1. The highest BCUT2D eigenvalue weighted by Gasteiger charge is 2.42. The van der Waals surface area contributed by atoms with Crippen molar-refractivity contribution in [1.82, 2.24) is 10.2 Å². The van der Waals surface area contributed by atoms with Gasteiger partial charge in [-0.3, -0.25) is 9.59 Å². The largest absolute Gasteiger partial charge is 0.493 e. The summed E-state index contributed by atoms with van der Waals surface area (Å²) in [6.07, 6.45) is 3.81. The summed E-state index contributed by atoms with van der Waals surface area (Å²) in [5.41, 5.74) is 0.869. The van der Waals surface area contributed by atoms with Gasteiger partial charge in [-0.25, -0.2) is 0 Å². The summed E-state index contributed by atoms with van der Waals surface area (Å²) in [5, 5.41) is 3.07. The van der Waals surface area contributed by atoms with E-state index >= 15 is 0 Å². The average Bonchev–Trinajstić information content (AvgIpc) is 3.23. The van der Waals surface area contributed by atoms with Gasteiger partial charge in [0, 0.05) is 31.1 Å². The first-order valence-electron chi connectivity index (χ1n) is 9.93. The summed E-state index contributed by atoms with van der Waals surface area (Å²) in [4.78, 5) is 27.6. The molecule has 0 radical (unpaired) electrons. The van der Waals surface area contributed by atoms with E-state index in [0.717, 1.165) is 5.56 Å². The Morgan fingerprint density at radius 1 is 1.14 bits per heavy atom. The Hall–Kier alpha value is -2.96. The zero-order valence-electron chi connectivity index (χ0n) is 16.7. The van der Waals surface area contributed by atoms with Gasteiger partial charge in [-0.05, 0) is 37.0 Å². The van der Waals surface area contributed by atoms with Crippen molar-refractivity contribution in [3.05, 3.63) is 47.9 Å². The lowest BCUT2D eigenvalue weighted by Crippen LogP contribution is -2.36. The molecule has 1 aromatic heterocycles. The molecule has 2 fully saturated rings. The molecule has 1 saturated heterocycles. The van der Waals surface area contributed by atoms with Crippen LogP contribution in [0.2, 0.25) is 0 Å². The minimum atomic E-state index is -0.367. The van der Waals surface area contributed by atoms with Gasteiger partial charge in [0.15, 0.2) is 17.3 Å². The van der Waals surface area contributed by atoms with E-state index in [4.69, 9.17) is 13.9 Å². The lowest BCUT2D eigenvalue weighted by atomic mass is 9.87. The number of carbonyl (C=O) groups is 2. The number of rotatable bonds is 7. The smallest absolute Gasteiger partial charge is 0.289 e. The zero-order chi connectivity index (χ0) is 20.4. The zero-order valence-corrected chi connectivity index (χ0v) is 16.7. The van der Waals surface area contributed by atoms with Crippen LogP contribution in [-0.4, -0.2) is 50.6 Å². The van der Waals surface area contributed by atoms with E-state index in [1.54, 1.807) is 31.3 Å². The second-order valence-electron chi connectivity index (χ2n) is 7.67. The molecule has 7 nitrogen and oxygen atoms in total. The first kappa shape index (κ1) is 19.4. The number of hydrogen-bond acceptors (Lipinski definition) is 5. The fourth-order valence-corrected chi connectivity index (χ4v) is 4.01. The monoisotopic (exact) mass is 398 g/mol. The molecule has 2 aliphatic rings. The lowest BCUT2D eigenvalue weighted by molar-refractivity contribution is -0.125. The van der Waals surface area contributed by atoms with E-state index in [0.29, 0.717) is 37.1 Å². The Bertz CT molecular complexity index is 875. The third-order valence-corrected chi connectivity index (χ3v) is 5.77. The van der Waals surface area contributed by atoms with Gasteiger partial charge in [-0.15, -0.1) is 0 Å². The maximum absolute atomic E-state index is 13.0. The van der Waals surface area contributed by atoms with Crippen LogP contribution in [0, 0.1) is 11.8 Å². The van der Waals surface area contributed by atoms with Crippen LogP contribution in [0.4, 0.5) is 0 Å². The van der Waals surface area contributed by atoms with Crippen LogP contribution in [0.25, 0.3) is 0 Å². The highest BCUT2D eigenvalue weighted by atomic mass is 16.5. The molecule has 1 N–H and O–H groups in total. The summed E-state index contributed by atoms with van der Waals surface area (Å²) in [6.45, 7) is 1.44. The number of methoxy groups -OCH3 is 2. The van der Waals surface area contributed by atoms with Crippen LogP contribution < -0.4 is 14.8 Å². The van der Waals surface area contributed by atoms with Crippen LogP contribution in [0.1, 0.15) is 34.9 Å². The molecule has 1 aliphatic heterocycles. The van der Waals surface area contributed by atoms with Gasteiger partial charge in [0.2, 0.25) is 5.91 Å². The molecule has 0 unspecified atom stereocenters. The molecular weight excluding hydrogens is 372 g/mol. The molecule has 2 atom stereocenters. The van der Waals surface area contributed by atoms with Gasteiger partial charge < -0.3 is 24.1 Å². The molecule has 2 amide bonds. The Balaban J connectivity index is 1.62. The standard InChI is InChI=1S/C22H26N2O5/c1-27-18-6-3-5-15(20(18)28-2)16-12-24(22(26)19-7-4-10-29-19)13-17(16)21(25)23-11-14-8-9-14/h3-7,10,14,16-17H,8-9,11-13H2,1-2H3,(H,23,25)/t16-,17+/m0/s1. The van der Waals surface area contributed by atoms with E-state index in [-0.39, 0.29) is 29.4 Å². The van der Waals surface area contributed by atoms with Crippen LogP contribution >= 0.6 is 0 Å². The molecule has 2 aromatic rings. The van der Waals surface area contributed by atoms with E-state index in [1.807, 2.05) is 18.2 Å². The minimum absolute atomic E-state index is 0.0264. The second-order valence-corrected chi connectivity index (χ2v) is 7.67. The van der Waals surface area contributed by atoms with Crippen molar-refractivity contribution in [2.24, 2.45) is 11.8 Å². The first-order chi connectivity index (χ1) is 14.1. The molecule has 29 heavy (non-hydrogen) atoms. The van der Waals surface area contributed by atoms with Crippen LogP contribution in [0.3, 0.4) is 0 Å². The fraction of sp³-hybridized carbons (Fsp3) is 0.455. The second kappa shape index (κ2) is 8.19. The predicted molar refractivity (Wildman–Crippen MR) is 106 cm³/mol. The van der Waals surface area contributed by atoms with E-state index < -0.39 is 0 Å². The maximum atomic E-state index is 13.0. The Morgan fingerprint density at radius 3 is 2.62 bits per heavy atom. The molecule has 154 valence electrons. The van der Waals surface area contributed by atoms with Gasteiger partial charge in [0.05, 0.1) is 26.4 Å². The number of amides is 2. The van der Waals surface area contributed by atoms with Gasteiger partial charge in [-0.1, -0.05) is 12.1 Å². The normalized spacial score (nSPS) is 21.1.